The largest absolute Gasteiger partial charge is 0.368 e. The van der Waals surface area contributed by atoms with Crippen molar-refractivity contribution in [3.8, 4) is 0 Å². The van der Waals surface area contributed by atoms with Crippen molar-refractivity contribution in [3.05, 3.63) is 70.7 Å². The van der Waals surface area contributed by atoms with Crippen molar-refractivity contribution in [2.45, 2.75) is 0 Å². The first-order valence-electron chi connectivity index (χ1n) is 7.82. The summed E-state index contributed by atoms with van der Waals surface area (Å²) in [5, 5.41) is 6.70. The Labute approximate surface area is 146 Å². The number of hydrogen-bond donors (Lipinski definition) is 0. The van der Waals surface area contributed by atoms with Crippen molar-refractivity contribution in [1.82, 2.24) is 5.01 Å². The number of halogens is 1. The number of para-hydroxylation sites is 1. The SMILES string of the molecule is BrC(=C\c1ccccc1)/C=N/N1CCN(c2ccccc2)CC1. The summed E-state index contributed by atoms with van der Waals surface area (Å²) in [4.78, 5) is 2.40. The van der Waals surface area contributed by atoms with Crippen LogP contribution in [0.1, 0.15) is 5.56 Å². The molecule has 1 saturated heterocycles. The van der Waals surface area contributed by atoms with Gasteiger partial charge in [0.1, 0.15) is 0 Å². The molecule has 1 aliphatic rings. The molecule has 0 spiro atoms. The molecule has 0 unspecified atom stereocenters. The monoisotopic (exact) mass is 369 g/mol. The van der Waals surface area contributed by atoms with Crippen LogP contribution in [0.25, 0.3) is 6.08 Å². The van der Waals surface area contributed by atoms with E-state index in [9.17, 15) is 0 Å². The summed E-state index contributed by atoms with van der Waals surface area (Å²) in [7, 11) is 0. The van der Waals surface area contributed by atoms with Gasteiger partial charge in [-0.1, -0.05) is 48.5 Å². The van der Waals surface area contributed by atoms with Gasteiger partial charge in [0.05, 0.1) is 19.3 Å². The summed E-state index contributed by atoms with van der Waals surface area (Å²) in [5.41, 5.74) is 2.46. The van der Waals surface area contributed by atoms with Gasteiger partial charge in [0, 0.05) is 23.3 Å². The molecule has 0 N–H and O–H groups in total. The summed E-state index contributed by atoms with van der Waals surface area (Å²) in [5.74, 6) is 0. The number of rotatable bonds is 4. The van der Waals surface area contributed by atoms with Crippen molar-refractivity contribution in [3.63, 3.8) is 0 Å². The fourth-order valence-corrected chi connectivity index (χ4v) is 2.95. The average molecular weight is 370 g/mol. The maximum atomic E-state index is 4.57. The van der Waals surface area contributed by atoms with Gasteiger partial charge in [0.2, 0.25) is 0 Å². The van der Waals surface area contributed by atoms with Crippen molar-refractivity contribution in [2.75, 3.05) is 31.1 Å². The minimum absolute atomic E-state index is 0.941. The van der Waals surface area contributed by atoms with Crippen LogP contribution < -0.4 is 4.90 Å². The average Bonchev–Trinajstić information content (AvgIpc) is 2.62. The minimum atomic E-state index is 0.941. The lowest BCUT2D eigenvalue weighted by atomic mass is 10.2. The molecule has 0 atom stereocenters. The first-order chi connectivity index (χ1) is 11.3. The van der Waals surface area contributed by atoms with Crippen molar-refractivity contribution < 1.29 is 0 Å². The Kier molecular flexibility index (Phi) is 5.48. The zero-order valence-electron chi connectivity index (χ0n) is 13.0. The van der Waals surface area contributed by atoms with Crippen LogP contribution in [0.4, 0.5) is 5.69 Å². The Hall–Kier alpha value is -2.07. The molecule has 0 bridgehead atoms. The quantitative estimate of drug-likeness (QED) is 0.750. The fraction of sp³-hybridized carbons (Fsp3) is 0.211. The molecule has 2 aromatic carbocycles. The highest BCUT2D eigenvalue weighted by atomic mass is 79.9. The van der Waals surface area contributed by atoms with Crippen molar-refractivity contribution in [2.24, 2.45) is 5.10 Å². The van der Waals surface area contributed by atoms with E-state index in [4.69, 9.17) is 0 Å². The molecular formula is C19H20BrN3. The van der Waals surface area contributed by atoms with E-state index in [1.807, 2.05) is 24.4 Å². The molecule has 1 heterocycles. The van der Waals surface area contributed by atoms with Crippen molar-refractivity contribution >= 4 is 33.9 Å². The normalized spacial score (nSPS) is 16.1. The molecule has 0 radical (unpaired) electrons. The van der Waals surface area contributed by atoms with Crippen LogP contribution in [0.2, 0.25) is 0 Å². The van der Waals surface area contributed by atoms with Crippen molar-refractivity contribution in [1.29, 1.82) is 0 Å². The highest BCUT2D eigenvalue weighted by Gasteiger charge is 2.15. The summed E-state index contributed by atoms with van der Waals surface area (Å²) >= 11 is 3.56. The van der Waals surface area contributed by atoms with Crippen LogP contribution in [-0.2, 0) is 0 Å². The Morgan fingerprint density at radius 2 is 1.48 bits per heavy atom. The number of piperazine rings is 1. The molecule has 3 rings (SSSR count). The maximum absolute atomic E-state index is 4.57. The number of allylic oxidation sites excluding steroid dienone is 1. The zero-order chi connectivity index (χ0) is 15.9. The third-order valence-electron chi connectivity index (χ3n) is 3.83. The van der Waals surface area contributed by atoms with E-state index in [1.165, 1.54) is 11.3 Å². The molecule has 3 nitrogen and oxygen atoms in total. The van der Waals surface area contributed by atoms with E-state index in [0.717, 1.165) is 30.7 Å². The number of hydrazone groups is 1. The molecule has 0 aliphatic carbocycles. The van der Waals surface area contributed by atoms with Gasteiger partial charge in [-0.3, -0.25) is 5.01 Å². The number of nitrogens with zero attached hydrogens (tertiary/aromatic N) is 3. The molecule has 1 aliphatic heterocycles. The van der Waals surface area contributed by atoms with Crippen LogP contribution in [0.15, 0.2) is 70.2 Å². The fourth-order valence-electron chi connectivity index (χ4n) is 2.59. The van der Waals surface area contributed by atoms with E-state index in [1.54, 1.807) is 0 Å². The summed E-state index contributed by atoms with van der Waals surface area (Å²) in [6, 6.07) is 20.8. The molecule has 0 saturated carbocycles. The number of benzene rings is 2. The molecule has 0 amide bonds. The Bertz CT molecular complexity index is 660. The predicted molar refractivity (Wildman–Crippen MR) is 102 cm³/mol. The lowest BCUT2D eigenvalue weighted by Crippen LogP contribution is -2.44. The summed E-state index contributed by atoms with van der Waals surface area (Å²) < 4.78 is 0.981. The highest BCUT2D eigenvalue weighted by Crippen LogP contribution is 2.16. The van der Waals surface area contributed by atoms with Gasteiger partial charge in [-0.2, -0.15) is 5.10 Å². The van der Waals surface area contributed by atoms with Gasteiger partial charge >= 0.3 is 0 Å². The van der Waals surface area contributed by atoms with Crippen LogP contribution in [-0.4, -0.2) is 37.4 Å². The van der Waals surface area contributed by atoms with E-state index >= 15 is 0 Å². The Morgan fingerprint density at radius 1 is 0.870 bits per heavy atom. The van der Waals surface area contributed by atoms with E-state index in [2.05, 4.69) is 79.5 Å². The predicted octanol–water partition coefficient (Wildman–Crippen LogP) is 4.23. The van der Waals surface area contributed by atoms with E-state index < -0.39 is 0 Å². The topological polar surface area (TPSA) is 18.8 Å². The second-order valence-corrected chi connectivity index (χ2v) is 6.38. The van der Waals surface area contributed by atoms with Crippen LogP contribution in [0.3, 0.4) is 0 Å². The molecule has 1 fully saturated rings. The lowest BCUT2D eigenvalue weighted by molar-refractivity contribution is 0.272. The zero-order valence-corrected chi connectivity index (χ0v) is 14.6. The van der Waals surface area contributed by atoms with E-state index in [-0.39, 0.29) is 0 Å². The van der Waals surface area contributed by atoms with Gasteiger partial charge in [-0.15, -0.1) is 0 Å². The molecule has 23 heavy (non-hydrogen) atoms. The molecule has 0 aromatic heterocycles. The van der Waals surface area contributed by atoms with Gasteiger partial charge in [-0.05, 0) is 39.7 Å². The maximum Gasteiger partial charge on any atom is 0.0612 e. The first kappa shape index (κ1) is 15.8. The highest BCUT2D eigenvalue weighted by molar-refractivity contribution is 9.12. The Morgan fingerprint density at radius 3 is 2.13 bits per heavy atom. The molecule has 2 aromatic rings. The summed E-state index contributed by atoms with van der Waals surface area (Å²) in [6.07, 6.45) is 3.95. The third kappa shape index (κ3) is 4.70. The van der Waals surface area contributed by atoms with Gasteiger partial charge in [0.25, 0.3) is 0 Å². The standard InChI is InChI=1S/C19H20BrN3/c20-18(15-17-7-3-1-4-8-17)16-21-23-13-11-22(12-14-23)19-9-5-2-6-10-19/h1-10,15-16H,11-14H2/b18-15-,21-16+. The van der Waals surface area contributed by atoms with Gasteiger partial charge in [0.15, 0.2) is 0 Å². The molecule has 118 valence electrons. The second kappa shape index (κ2) is 7.97. The van der Waals surface area contributed by atoms with E-state index in [0.29, 0.717) is 0 Å². The van der Waals surface area contributed by atoms with Crippen LogP contribution in [0, 0.1) is 0 Å². The number of hydrogen-bond acceptors (Lipinski definition) is 3. The van der Waals surface area contributed by atoms with Crippen LogP contribution in [0.5, 0.6) is 0 Å². The molecule has 4 heteroatoms. The minimum Gasteiger partial charge on any atom is -0.368 e. The Balaban J connectivity index is 1.53. The van der Waals surface area contributed by atoms with Gasteiger partial charge in [-0.25, -0.2) is 0 Å². The smallest absolute Gasteiger partial charge is 0.0612 e. The summed E-state index contributed by atoms with van der Waals surface area (Å²) in [6.45, 7) is 3.89. The second-order valence-electron chi connectivity index (χ2n) is 5.46. The first-order valence-corrected chi connectivity index (χ1v) is 8.62. The molecular weight excluding hydrogens is 350 g/mol. The lowest BCUT2D eigenvalue weighted by Gasteiger charge is -2.34. The van der Waals surface area contributed by atoms with Crippen LogP contribution >= 0.6 is 15.9 Å². The van der Waals surface area contributed by atoms with Gasteiger partial charge < -0.3 is 4.90 Å². The third-order valence-corrected chi connectivity index (χ3v) is 4.26. The number of anilines is 1.